The van der Waals surface area contributed by atoms with Crippen molar-refractivity contribution in [3.63, 3.8) is 0 Å². The Hall–Kier alpha value is -2.93. The molecule has 1 N–H and O–H groups in total. The molecule has 5 rings (SSSR count). The molecular formula is C33H38ClFN2O3. The number of carbonyl (C=O) groups is 1. The van der Waals surface area contributed by atoms with Gasteiger partial charge in [-0.2, -0.15) is 0 Å². The van der Waals surface area contributed by atoms with Crippen LogP contribution >= 0.6 is 11.6 Å². The summed E-state index contributed by atoms with van der Waals surface area (Å²) in [5.74, 6) is 0.532. The van der Waals surface area contributed by atoms with Gasteiger partial charge in [0, 0.05) is 31.8 Å². The lowest BCUT2D eigenvalue weighted by atomic mass is 9.94. The highest BCUT2D eigenvalue weighted by molar-refractivity contribution is 6.31. The van der Waals surface area contributed by atoms with Gasteiger partial charge in [-0.1, -0.05) is 48.0 Å². The van der Waals surface area contributed by atoms with Crippen LogP contribution in [-0.2, 0) is 22.5 Å². The molecule has 0 spiro atoms. The summed E-state index contributed by atoms with van der Waals surface area (Å²) in [6, 6.07) is 17.9. The molecule has 3 aromatic carbocycles. The summed E-state index contributed by atoms with van der Waals surface area (Å²) in [4.78, 5) is 15.7. The molecule has 0 aliphatic carbocycles. The van der Waals surface area contributed by atoms with Crippen LogP contribution < -0.4 is 10.1 Å². The normalized spacial score (nSPS) is 20.5. The van der Waals surface area contributed by atoms with E-state index >= 15 is 0 Å². The topological polar surface area (TPSA) is 50.8 Å². The molecule has 2 aliphatic heterocycles. The van der Waals surface area contributed by atoms with E-state index in [9.17, 15) is 9.18 Å². The zero-order valence-electron chi connectivity index (χ0n) is 23.5. The maximum absolute atomic E-state index is 13.6. The maximum Gasteiger partial charge on any atom is 0.224 e. The molecule has 1 amide bonds. The lowest BCUT2D eigenvalue weighted by Gasteiger charge is -2.39. The average Bonchev–Trinajstić information content (AvgIpc) is 3.16. The minimum Gasteiger partial charge on any atom is -0.491 e. The first-order valence-electron chi connectivity index (χ1n) is 14.1. The molecule has 2 atom stereocenters. The Labute approximate surface area is 241 Å². The Morgan fingerprint density at radius 3 is 2.48 bits per heavy atom. The third kappa shape index (κ3) is 6.51. The number of nitrogens with one attached hydrogen (secondary N) is 1. The number of ether oxygens (including phenoxy) is 2. The molecule has 2 heterocycles. The zero-order chi connectivity index (χ0) is 28.2. The number of amides is 1. The van der Waals surface area contributed by atoms with E-state index in [1.807, 2.05) is 24.3 Å². The highest BCUT2D eigenvalue weighted by Gasteiger charge is 2.41. The van der Waals surface area contributed by atoms with Crippen LogP contribution in [0.25, 0.3) is 11.1 Å². The van der Waals surface area contributed by atoms with Crippen LogP contribution in [0.5, 0.6) is 5.75 Å². The second kappa shape index (κ2) is 12.7. The van der Waals surface area contributed by atoms with E-state index in [-0.39, 0.29) is 17.0 Å². The Balaban J connectivity index is 1.17. The largest absolute Gasteiger partial charge is 0.491 e. The first-order chi connectivity index (χ1) is 19.3. The molecule has 2 bridgehead atoms. The third-order valence-electron chi connectivity index (χ3n) is 8.54. The molecule has 2 aliphatic rings. The van der Waals surface area contributed by atoms with Crippen LogP contribution in [0, 0.1) is 19.7 Å². The SMILES string of the molecule is COCCOc1ccc(CN2C3CCC2CC(NC(=O)Cc2cccc(-c4ccc(F)c(Cl)c4)c2)C3)c(C)c1C. The Bertz CT molecular complexity index is 1350. The monoisotopic (exact) mass is 564 g/mol. The van der Waals surface area contributed by atoms with Gasteiger partial charge in [-0.15, -0.1) is 0 Å². The summed E-state index contributed by atoms with van der Waals surface area (Å²) >= 11 is 5.97. The molecular weight excluding hydrogens is 527 g/mol. The van der Waals surface area contributed by atoms with Gasteiger partial charge in [0.25, 0.3) is 0 Å². The standard InChI is InChI=1S/C33H38ClFN2O3/c1-21-22(2)32(40-14-13-39-3)12-8-26(21)20-37-28-9-10-29(37)19-27(18-28)36-33(38)16-23-5-4-6-24(15-23)25-7-11-31(35)30(34)17-25/h4-8,11-12,15,17,27-29H,9-10,13-14,16,18-20H2,1-3H3,(H,36,38). The molecule has 0 radical (unpaired) electrons. The number of hydrogen-bond donors (Lipinski definition) is 1. The van der Waals surface area contributed by atoms with Gasteiger partial charge in [0.2, 0.25) is 5.91 Å². The second-order valence-corrected chi connectivity index (χ2v) is 11.5. The average molecular weight is 565 g/mol. The lowest BCUT2D eigenvalue weighted by molar-refractivity contribution is -0.121. The Morgan fingerprint density at radius 1 is 1.00 bits per heavy atom. The van der Waals surface area contributed by atoms with Gasteiger partial charge in [0.1, 0.15) is 18.2 Å². The fraction of sp³-hybridized carbons (Fsp3) is 0.424. The van der Waals surface area contributed by atoms with E-state index in [0.717, 1.165) is 41.8 Å². The first kappa shape index (κ1) is 28.6. The zero-order valence-corrected chi connectivity index (χ0v) is 24.3. The molecule has 2 unspecified atom stereocenters. The van der Waals surface area contributed by atoms with Gasteiger partial charge in [0.15, 0.2) is 0 Å². The summed E-state index contributed by atoms with van der Waals surface area (Å²) in [7, 11) is 1.68. The van der Waals surface area contributed by atoms with E-state index in [4.69, 9.17) is 21.1 Å². The number of benzene rings is 3. The minimum absolute atomic E-state index is 0.0441. The van der Waals surface area contributed by atoms with Crippen LogP contribution in [-0.4, -0.2) is 49.3 Å². The second-order valence-electron chi connectivity index (χ2n) is 11.1. The number of nitrogens with zero attached hydrogens (tertiary/aromatic N) is 1. The molecule has 40 heavy (non-hydrogen) atoms. The van der Waals surface area contributed by atoms with E-state index in [1.165, 1.54) is 35.6 Å². The van der Waals surface area contributed by atoms with Gasteiger partial charge in [-0.05, 0) is 91.1 Å². The van der Waals surface area contributed by atoms with Crippen molar-refractivity contribution in [3.8, 4) is 16.9 Å². The Kier molecular flexibility index (Phi) is 9.09. The van der Waals surface area contributed by atoms with Crippen molar-refractivity contribution in [2.75, 3.05) is 20.3 Å². The molecule has 212 valence electrons. The quantitative estimate of drug-likeness (QED) is 0.280. The van der Waals surface area contributed by atoms with Gasteiger partial charge in [-0.25, -0.2) is 4.39 Å². The number of methoxy groups -OCH3 is 1. The number of hydrogen-bond acceptors (Lipinski definition) is 4. The molecule has 7 heteroatoms. The smallest absolute Gasteiger partial charge is 0.224 e. The fourth-order valence-corrected chi connectivity index (χ4v) is 6.44. The van der Waals surface area contributed by atoms with Crippen molar-refractivity contribution in [1.29, 1.82) is 0 Å². The first-order valence-corrected chi connectivity index (χ1v) is 14.5. The molecule has 0 aromatic heterocycles. The summed E-state index contributed by atoms with van der Waals surface area (Å²) in [6.45, 7) is 6.37. The van der Waals surface area contributed by atoms with Crippen molar-refractivity contribution in [3.05, 3.63) is 87.7 Å². The van der Waals surface area contributed by atoms with Gasteiger partial charge >= 0.3 is 0 Å². The van der Waals surface area contributed by atoms with Crippen molar-refractivity contribution in [2.24, 2.45) is 0 Å². The molecule has 3 aromatic rings. The molecule has 0 saturated carbocycles. The molecule has 2 fully saturated rings. The van der Waals surface area contributed by atoms with E-state index in [0.29, 0.717) is 31.7 Å². The number of rotatable bonds is 10. The van der Waals surface area contributed by atoms with Crippen LogP contribution in [0.4, 0.5) is 4.39 Å². The Morgan fingerprint density at radius 2 is 1.75 bits per heavy atom. The van der Waals surface area contributed by atoms with Crippen molar-refractivity contribution < 1.29 is 18.7 Å². The van der Waals surface area contributed by atoms with E-state index in [2.05, 4.69) is 36.2 Å². The summed E-state index contributed by atoms with van der Waals surface area (Å²) in [5, 5.41) is 3.41. The number of halogens is 2. The van der Waals surface area contributed by atoms with Gasteiger partial charge < -0.3 is 14.8 Å². The van der Waals surface area contributed by atoms with Crippen molar-refractivity contribution in [2.45, 2.75) is 70.6 Å². The molecule has 2 saturated heterocycles. The highest BCUT2D eigenvalue weighted by Crippen LogP contribution is 2.38. The summed E-state index contributed by atoms with van der Waals surface area (Å²) < 4.78 is 24.6. The lowest BCUT2D eigenvalue weighted by Crippen LogP contribution is -2.50. The van der Waals surface area contributed by atoms with E-state index in [1.54, 1.807) is 19.2 Å². The third-order valence-corrected chi connectivity index (χ3v) is 8.83. The van der Waals surface area contributed by atoms with Crippen LogP contribution in [0.3, 0.4) is 0 Å². The van der Waals surface area contributed by atoms with Crippen LogP contribution in [0.15, 0.2) is 54.6 Å². The van der Waals surface area contributed by atoms with Crippen molar-refractivity contribution in [1.82, 2.24) is 10.2 Å². The van der Waals surface area contributed by atoms with Crippen molar-refractivity contribution >= 4 is 17.5 Å². The van der Waals surface area contributed by atoms with Crippen LogP contribution in [0.1, 0.15) is 47.9 Å². The number of fused-ring (bicyclic) bond motifs is 2. The highest BCUT2D eigenvalue weighted by atomic mass is 35.5. The van der Waals surface area contributed by atoms with Gasteiger partial charge in [-0.3, -0.25) is 9.69 Å². The van der Waals surface area contributed by atoms with Gasteiger partial charge in [0.05, 0.1) is 18.1 Å². The fourth-order valence-electron chi connectivity index (χ4n) is 6.26. The number of piperidine rings is 1. The summed E-state index contributed by atoms with van der Waals surface area (Å²) in [6.07, 6.45) is 4.62. The summed E-state index contributed by atoms with van der Waals surface area (Å²) in [5.41, 5.74) is 6.49. The predicted octanol–water partition coefficient (Wildman–Crippen LogP) is 6.64. The number of carbonyl (C=O) groups excluding carboxylic acids is 1. The van der Waals surface area contributed by atoms with E-state index < -0.39 is 5.82 Å². The predicted molar refractivity (Wildman–Crippen MR) is 157 cm³/mol. The van der Waals surface area contributed by atoms with Crippen LogP contribution in [0.2, 0.25) is 5.02 Å². The maximum atomic E-state index is 13.6. The minimum atomic E-state index is -0.438. The molecule has 5 nitrogen and oxygen atoms in total.